The van der Waals surface area contributed by atoms with Gasteiger partial charge in [0.25, 0.3) is 5.91 Å². The molecule has 0 radical (unpaired) electrons. The lowest BCUT2D eigenvalue weighted by Gasteiger charge is -2.12. The molecule has 0 heterocycles. The lowest BCUT2D eigenvalue weighted by molar-refractivity contribution is 0.102. The van der Waals surface area contributed by atoms with Crippen molar-refractivity contribution in [1.82, 2.24) is 0 Å². The topological polar surface area (TPSA) is 47.6 Å². The van der Waals surface area contributed by atoms with Crippen LogP contribution in [0.5, 0.6) is 11.5 Å². The molecule has 0 aliphatic carbocycles. The number of halogens is 2. The second-order valence-electron chi connectivity index (χ2n) is 4.15. The molecule has 0 aliphatic heterocycles. The molecule has 0 saturated heterocycles. The molecule has 2 aromatic rings. The third-order valence-corrected chi connectivity index (χ3v) is 3.39. The van der Waals surface area contributed by atoms with Gasteiger partial charge in [-0.2, -0.15) is 0 Å². The van der Waals surface area contributed by atoms with E-state index in [2.05, 4.69) is 21.2 Å². The van der Waals surface area contributed by atoms with Crippen LogP contribution in [0.3, 0.4) is 0 Å². The lowest BCUT2D eigenvalue weighted by atomic mass is 10.2. The quantitative estimate of drug-likeness (QED) is 0.907. The Hall–Kier alpha value is -2.08. The number of nitrogens with one attached hydrogen (secondary N) is 1. The van der Waals surface area contributed by atoms with Crippen LogP contribution < -0.4 is 14.8 Å². The molecule has 0 aromatic heterocycles. The molecule has 0 unspecified atom stereocenters. The average molecular weight is 354 g/mol. The van der Waals surface area contributed by atoms with Gasteiger partial charge in [0.1, 0.15) is 5.82 Å². The summed E-state index contributed by atoms with van der Waals surface area (Å²) >= 11 is 3.33. The minimum atomic E-state index is -0.359. The van der Waals surface area contributed by atoms with Crippen molar-refractivity contribution in [3.63, 3.8) is 0 Å². The molecule has 1 N–H and O–H groups in total. The van der Waals surface area contributed by atoms with Crippen molar-refractivity contribution < 1.29 is 18.7 Å². The minimum absolute atomic E-state index is 0.330. The first-order chi connectivity index (χ1) is 10.0. The maximum Gasteiger partial charge on any atom is 0.255 e. The molecule has 0 atom stereocenters. The van der Waals surface area contributed by atoms with Gasteiger partial charge >= 0.3 is 0 Å². The van der Waals surface area contributed by atoms with Crippen LogP contribution in [0.15, 0.2) is 40.9 Å². The number of rotatable bonds is 4. The van der Waals surface area contributed by atoms with Crippen LogP contribution in [0.4, 0.5) is 10.1 Å². The number of carbonyl (C=O) groups excluding carboxylic acids is 1. The Labute approximate surface area is 130 Å². The third-order valence-electron chi connectivity index (χ3n) is 2.80. The highest BCUT2D eigenvalue weighted by Crippen LogP contribution is 2.36. The Bertz CT molecular complexity index is 659. The summed E-state index contributed by atoms with van der Waals surface area (Å²) in [5.41, 5.74) is 0.899. The first-order valence-electron chi connectivity index (χ1n) is 6.03. The number of amides is 1. The largest absolute Gasteiger partial charge is 0.493 e. The van der Waals surface area contributed by atoms with Crippen molar-refractivity contribution in [2.24, 2.45) is 0 Å². The zero-order valence-electron chi connectivity index (χ0n) is 11.4. The van der Waals surface area contributed by atoms with Crippen LogP contribution in [0, 0.1) is 5.82 Å². The van der Waals surface area contributed by atoms with E-state index in [1.54, 1.807) is 12.1 Å². The number of hydrogen-bond donors (Lipinski definition) is 1. The third kappa shape index (κ3) is 3.52. The van der Waals surface area contributed by atoms with Gasteiger partial charge in [-0.1, -0.05) is 0 Å². The van der Waals surface area contributed by atoms with Crippen molar-refractivity contribution >= 4 is 27.5 Å². The number of anilines is 1. The minimum Gasteiger partial charge on any atom is -0.493 e. The van der Waals surface area contributed by atoms with E-state index < -0.39 is 0 Å². The maximum absolute atomic E-state index is 12.8. The summed E-state index contributed by atoms with van der Waals surface area (Å²) in [5.74, 6) is 0.261. The Morgan fingerprint density at radius 1 is 1.14 bits per heavy atom. The second-order valence-corrected chi connectivity index (χ2v) is 5.01. The molecule has 0 bridgehead atoms. The molecule has 4 nitrogen and oxygen atoms in total. The Morgan fingerprint density at radius 3 is 2.38 bits per heavy atom. The van der Waals surface area contributed by atoms with Gasteiger partial charge in [-0.15, -0.1) is 0 Å². The van der Waals surface area contributed by atoms with E-state index in [4.69, 9.17) is 9.47 Å². The highest BCUT2D eigenvalue weighted by molar-refractivity contribution is 9.10. The lowest BCUT2D eigenvalue weighted by Crippen LogP contribution is -2.12. The van der Waals surface area contributed by atoms with Crippen molar-refractivity contribution in [3.05, 3.63) is 52.3 Å². The molecular formula is C15H13BrFNO3. The van der Waals surface area contributed by atoms with Crippen LogP contribution in [-0.4, -0.2) is 20.1 Å². The summed E-state index contributed by atoms with van der Waals surface area (Å²) < 4.78 is 23.8. The average Bonchev–Trinajstić information content (AvgIpc) is 2.48. The van der Waals surface area contributed by atoms with Crippen LogP contribution in [0.25, 0.3) is 0 Å². The van der Waals surface area contributed by atoms with Gasteiger partial charge in [-0.05, 0) is 52.3 Å². The van der Waals surface area contributed by atoms with Crippen molar-refractivity contribution in [1.29, 1.82) is 0 Å². The van der Waals surface area contributed by atoms with Crippen LogP contribution in [0.2, 0.25) is 0 Å². The molecule has 2 aromatic carbocycles. The molecule has 0 spiro atoms. The Balaban J connectivity index is 2.27. The summed E-state index contributed by atoms with van der Waals surface area (Å²) in [7, 11) is 3.01. The van der Waals surface area contributed by atoms with Crippen LogP contribution >= 0.6 is 15.9 Å². The number of hydrogen-bond acceptors (Lipinski definition) is 3. The molecule has 0 fully saturated rings. The van der Waals surface area contributed by atoms with Gasteiger partial charge in [-0.25, -0.2) is 4.39 Å². The summed E-state index contributed by atoms with van der Waals surface area (Å²) in [5, 5.41) is 2.68. The standard InChI is InChI=1S/C15H13BrFNO3/c1-20-13-8-9(7-12(16)14(13)21-2)15(19)18-11-5-3-10(17)4-6-11/h3-8H,1-2H3,(H,18,19). The number of benzene rings is 2. The zero-order valence-corrected chi connectivity index (χ0v) is 13.0. The summed E-state index contributed by atoms with van der Waals surface area (Å²) in [6.07, 6.45) is 0. The van der Waals surface area contributed by atoms with Gasteiger partial charge in [0.2, 0.25) is 0 Å². The monoisotopic (exact) mass is 353 g/mol. The molecule has 110 valence electrons. The van der Waals surface area contributed by atoms with Crippen molar-refractivity contribution in [2.75, 3.05) is 19.5 Å². The predicted molar refractivity (Wildman–Crippen MR) is 81.6 cm³/mol. The second kappa shape index (κ2) is 6.58. The predicted octanol–water partition coefficient (Wildman–Crippen LogP) is 3.86. The van der Waals surface area contributed by atoms with E-state index in [1.807, 2.05) is 0 Å². The molecule has 1 amide bonds. The Morgan fingerprint density at radius 2 is 1.81 bits per heavy atom. The van der Waals surface area contributed by atoms with Gasteiger partial charge in [0, 0.05) is 11.3 Å². The fraction of sp³-hybridized carbons (Fsp3) is 0.133. The first kappa shape index (κ1) is 15.3. The molecule has 0 aliphatic rings. The smallest absolute Gasteiger partial charge is 0.255 e. The van der Waals surface area contributed by atoms with E-state index in [1.165, 1.54) is 38.5 Å². The SMILES string of the molecule is COc1cc(C(=O)Nc2ccc(F)cc2)cc(Br)c1OC. The van der Waals surface area contributed by atoms with Crippen molar-refractivity contribution in [3.8, 4) is 11.5 Å². The number of methoxy groups -OCH3 is 2. The van der Waals surface area contributed by atoms with E-state index in [0.29, 0.717) is 27.2 Å². The highest BCUT2D eigenvalue weighted by atomic mass is 79.9. The molecule has 0 saturated carbocycles. The van der Waals surface area contributed by atoms with E-state index in [-0.39, 0.29) is 11.7 Å². The zero-order chi connectivity index (χ0) is 15.4. The Kier molecular flexibility index (Phi) is 4.80. The van der Waals surface area contributed by atoms with Gasteiger partial charge in [0.05, 0.1) is 18.7 Å². The van der Waals surface area contributed by atoms with Crippen LogP contribution in [-0.2, 0) is 0 Å². The highest BCUT2D eigenvalue weighted by Gasteiger charge is 2.15. The van der Waals surface area contributed by atoms with Gasteiger partial charge in [-0.3, -0.25) is 4.79 Å². The van der Waals surface area contributed by atoms with Crippen LogP contribution in [0.1, 0.15) is 10.4 Å². The van der Waals surface area contributed by atoms with Gasteiger partial charge < -0.3 is 14.8 Å². The van der Waals surface area contributed by atoms with E-state index in [0.717, 1.165) is 0 Å². The molecule has 6 heteroatoms. The molecule has 2 rings (SSSR count). The van der Waals surface area contributed by atoms with E-state index >= 15 is 0 Å². The first-order valence-corrected chi connectivity index (χ1v) is 6.83. The molecule has 21 heavy (non-hydrogen) atoms. The van der Waals surface area contributed by atoms with Crippen molar-refractivity contribution in [2.45, 2.75) is 0 Å². The fourth-order valence-electron chi connectivity index (χ4n) is 1.79. The van der Waals surface area contributed by atoms with E-state index in [9.17, 15) is 9.18 Å². The fourth-order valence-corrected chi connectivity index (χ4v) is 2.39. The van der Waals surface area contributed by atoms with Gasteiger partial charge in [0.15, 0.2) is 11.5 Å². The molecular weight excluding hydrogens is 341 g/mol. The normalized spacial score (nSPS) is 10.1. The maximum atomic E-state index is 12.8. The number of ether oxygens (including phenoxy) is 2. The summed E-state index contributed by atoms with van der Waals surface area (Å²) in [4.78, 5) is 12.2. The summed E-state index contributed by atoms with van der Waals surface area (Å²) in [6.45, 7) is 0. The number of carbonyl (C=O) groups is 1. The summed E-state index contributed by atoms with van der Waals surface area (Å²) in [6, 6.07) is 8.73.